The van der Waals surface area contributed by atoms with E-state index in [1.807, 2.05) is 13.2 Å². The second kappa shape index (κ2) is 6.14. The first-order valence-corrected chi connectivity index (χ1v) is 7.11. The molecule has 0 spiro atoms. The van der Waals surface area contributed by atoms with Gasteiger partial charge < -0.3 is 0 Å². The largest absolute Gasteiger partial charge is 0.258 e. The molecule has 1 saturated heterocycles. The van der Waals surface area contributed by atoms with Gasteiger partial charge in [-0.15, -0.1) is 0 Å². The summed E-state index contributed by atoms with van der Waals surface area (Å²) in [5, 5.41) is 2.81. The van der Waals surface area contributed by atoms with Gasteiger partial charge in [0, 0.05) is 19.3 Å². The molecule has 0 radical (unpaired) electrons. The van der Waals surface area contributed by atoms with E-state index in [0.717, 1.165) is 17.6 Å². The number of rotatable bonds is 2. The summed E-state index contributed by atoms with van der Waals surface area (Å²) in [4.78, 5) is 4.21. The predicted molar refractivity (Wildman–Crippen MR) is 74.2 cm³/mol. The minimum absolute atomic E-state index is 0.533. The molecule has 1 aromatic rings. The third kappa shape index (κ3) is 3.41. The Hall–Kier alpha value is -0.160. The first kappa shape index (κ1) is 13.3. The maximum Gasteiger partial charge on any atom is 0.143 e. The van der Waals surface area contributed by atoms with Crippen LogP contribution in [0, 0.1) is 0 Å². The monoisotopic (exact) mass is 317 g/mol. The van der Waals surface area contributed by atoms with Crippen LogP contribution >= 0.6 is 27.5 Å². The van der Waals surface area contributed by atoms with Gasteiger partial charge in [0.2, 0.25) is 0 Å². The zero-order chi connectivity index (χ0) is 12.3. The number of pyridine rings is 1. The van der Waals surface area contributed by atoms with Crippen molar-refractivity contribution in [1.29, 1.82) is 0 Å². The fourth-order valence-electron chi connectivity index (χ4n) is 2.28. The van der Waals surface area contributed by atoms with Crippen molar-refractivity contribution in [2.45, 2.75) is 25.2 Å². The van der Waals surface area contributed by atoms with Crippen molar-refractivity contribution in [2.24, 2.45) is 0 Å². The molecule has 0 aliphatic carbocycles. The first-order valence-electron chi connectivity index (χ1n) is 5.94. The van der Waals surface area contributed by atoms with Gasteiger partial charge in [-0.1, -0.05) is 18.0 Å². The highest BCUT2D eigenvalue weighted by Crippen LogP contribution is 2.29. The molecule has 0 saturated carbocycles. The summed E-state index contributed by atoms with van der Waals surface area (Å²) in [6.45, 7) is 2.15. The molecule has 1 fully saturated rings. The van der Waals surface area contributed by atoms with Gasteiger partial charge in [-0.2, -0.15) is 0 Å². The number of hydrazine groups is 1. The van der Waals surface area contributed by atoms with E-state index in [9.17, 15) is 0 Å². The van der Waals surface area contributed by atoms with Crippen LogP contribution in [0.4, 0.5) is 0 Å². The van der Waals surface area contributed by atoms with Gasteiger partial charge in [0.1, 0.15) is 5.15 Å². The average molecular weight is 319 g/mol. The topological polar surface area (TPSA) is 28.2 Å². The number of aromatic nitrogens is 1. The molecule has 0 bridgehead atoms. The van der Waals surface area contributed by atoms with Gasteiger partial charge in [-0.05, 0) is 53.4 Å². The zero-order valence-electron chi connectivity index (χ0n) is 9.92. The lowest BCUT2D eigenvalue weighted by molar-refractivity contribution is 0.207. The molecule has 1 N–H and O–H groups in total. The van der Waals surface area contributed by atoms with Gasteiger partial charge in [-0.25, -0.2) is 9.99 Å². The number of nitrogens with one attached hydrogen (secondary N) is 1. The molecule has 17 heavy (non-hydrogen) atoms. The Bertz CT molecular complexity index is 386. The van der Waals surface area contributed by atoms with Crippen molar-refractivity contribution in [3.8, 4) is 0 Å². The van der Waals surface area contributed by atoms with Crippen LogP contribution in [-0.4, -0.2) is 30.1 Å². The number of hydrogen-bond acceptors (Lipinski definition) is 3. The molecule has 1 aliphatic heterocycles. The first-order chi connectivity index (χ1) is 8.20. The van der Waals surface area contributed by atoms with E-state index >= 15 is 0 Å². The number of hydrogen-bond donors (Lipinski definition) is 1. The molecule has 2 rings (SSSR count). The van der Waals surface area contributed by atoms with E-state index in [-0.39, 0.29) is 0 Å². The summed E-state index contributed by atoms with van der Waals surface area (Å²) < 4.78 is 0.886. The van der Waals surface area contributed by atoms with Crippen molar-refractivity contribution in [3.63, 3.8) is 0 Å². The van der Waals surface area contributed by atoms with Gasteiger partial charge in [0.15, 0.2) is 0 Å². The highest BCUT2D eigenvalue weighted by molar-refractivity contribution is 9.10. The van der Waals surface area contributed by atoms with Crippen LogP contribution in [0.25, 0.3) is 0 Å². The van der Waals surface area contributed by atoms with Crippen LogP contribution in [0.5, 0.6) is 0 Å². The Kier molecular flexibility index (Phi) is 4.79. The predicted octanol–water partition coefficient (Wildman–Crippen LogP) is 3.20. The van der Waals surface area contributed by atoms with Crippen LogP contribution in [0.2, 0.25) is 5.15 Å². The lowest BCUT2D eigenvalue weighted by Gasteiger charge is -2.23. The number of nitrogens with zero attached hydrogens (tertiary/aromatic N) is 2. The minimum Gasteiger partial charge on any atom is -0.258 e. The average Bonchev–Trinajstić information content (AvgIpc) is 2.58. The van der Waals surface area contributed by atoms with Gasteiger partial charge in [0.25, 0.3) is 0 Å². The van der Waals surface area contributed by atoms with Crippen LogP contribution in [0.3, 0.4) is 0 Å². The summed E-state index contributed by atoms with van der Waals surface area (Å²) in [6, 6.07) is 2.10. The van der Waals surface area contributed by atoms with Gasteiger partial charge in [0.05, 0.1) is 4.47 Å². The normalized spacial score (nSPS) is 22.4. The Morgan fingerprint density at radius 3 is 3.06 bits per heavy atom. The molecule has 2 heterocycles. The van der Waals surface area contributed by atoms with Crippen molar-refractivity contribution in [1.82, 2.24) is 15.4 Å². The van der Waals surface area contributed by atoms with Gasteiger partial charge in [-0.3, -0.25) is 5.43 Å². The van der Waals surface area contributed by atoms with E-state index in [2.05, 4.69) is 37.4 Å². The standard InChI is InChI=1S/C12H17BrClN3/c1-15-17-5-3-2-4-9(8-17)10-6-11(13)12(14)16-7-10/h6-7,9,15H,2-5,8H2,1H3/t9-/m1/s1. The van der Waals surface area contributed by atoms with E-state index in [4.69, 9.17) is 11.6 Å². The van der Waals surface area contributed by atoms with E-state index in [1.165, 1.54) is 24.8 Å². The van der Waals surface area contributed by atoms with Crippen LogP contribution in [-0.2, 0) is 0 Å². The van der Waals surface area contributed by atoms with Crippen molar-refractivity contribution in [3.05, 3.63) is 27.5 Å². The van der Waals surface area contributed by atoms with Crippen molar-refractivity contribution < 1.29 is 0 Å². The highest BCUT2D eigenvalue weighted by Gasteiger charge is 2.19. The summed E-state index contributed by atoms with van der Waals surface area (Å²) in [5.74, 6) is 0.533. The third-order valence-corrected chi connectivity index (χ3v) is 4.41. The Morgan fingerprint density at radius 1 is 1.53 bits per heavy atom. The second-order valence-corrected chi connectivity index (χ2v) is 5.62. The molecule has 0 amide bonds. The molecule has 3 nitrogen and oxygen atoms in total. The summed E-state index contributed by atoms with van der Waals surface area (Å²) in [6.07, 6.45) is 5.63. The molecule has 0 unspecified atom stereocenters. The van der Waals surface area contributed by atoms with Crippen molar-refractivity contribution >= 4 is 27.5 Å². The fourth-order valence-corrected chi connectivity index (χ4v) is 2.75. The molecule has 94 valence electrons. The Morgan fingerprint density at radius 2 is 2.35 bits per heavy atom. The quantitative estimate of drug-likeness (QED) is 0.849. The Labute approximate surface area is 116 Å². The summed E-state index contributed by atoms with van der Waals surface area (Å²) in [7, 11) is 1.98. The van der Waals surface area contributed by atoms with E-state index < -0.39 is 0 Å². The maximum absolute atomic E-state index is 5.93. The van der Waals surface area contributed by atoms with Crippen LogP contribution < -0.4 is 5.43 Å². The Balaban J connectivity index is 2.16. The SMILES string of the molecule is CNN1CCCC[C@@H](c2cnc(Cl)c(Br)c2)C1. The van der Waals surface area contributed by atoms with Crippen LogP contribution in [0.15, 0.2) is 16.7 Å². The zero-order valence-corrected chi connectivity index (χ0v) is 12.3. The third-order valence-electron chi connectivity index (χ3n) is 3.28. The smallest absolute Gasteiger partial charge is 0.143 e. The maximum atomic E-state index is 5.93. The number of halogens is 2. The molecule has 1 aromatic heterocycles. The lowest BCUT2D eigenvalue weighted by atomic mass is 9.96. The molecular formula is C12H17BrClN3. The van der Waals surface area contributed by atoms with Gasteiger partial charge >= 0.3 is 0 Å². The molecule has 5 heteroatoms. The summed E-state index contributed by atoms with van der Waals surface area (Å²) >= 11 is 9.37. The lowest BCUT2D eigenvalue weighted by Crippen LogP contribution is -2.37. The highest BCUT2D eigenvalue weighted by atomic mass is 79.9. The molecule has 1 atom stereocenters. The van der Waals surface area contributed by atoms with Crippen LogP contribution in [0.1, 0.15) is 30.7 Å². The second-order valence-electron chi connectivity index (χ2n) is 4.40. The van der Waals surface area contributed by atoms with E-state index in [1.54, 1.807) is 0 Å². The fraction of sp³-hybridized carbons (Fsp3) is 0.583. The van der Waals surface area contributed by atoms with E-state index in [0.29, 0.717) is 11.1 Å². The molecule has 1 aliphatic rings. The molecule has 0 aromatic carbocycles. The van der Waals surface area contributed by atoms with Crippen molar-refractivity contribution in [2.75, 3.05) is 20.1 Å². The summed E-state index contributed by atoms with van der Waals surface area (Å²) in [5.41, 5.74) is 4.51. The minimum atomic E-state index is 0.533. The molecular weight excluding hydrogens is 302 g/mol.